The molecule has 2 amide bonds. The highest BCUT2D eigenvalue weighted by Gasteiger charge is 2.22. The van der Waals surface area contributed by atoms with Crippen molar-refractivity contribution in [2.45, 2.75) is 37.5 Å². The standard InChI is InChI=1S/C18H27N3O2S/c1-13(14-5-4-9-20-12-14)11-18(23)21-15-6-2-3-7-16(15)24-10-8-17(19)22/h2-3,6-7,13-14,20H,4-5,8-12H2,1H3,(H2,19,22)(H,21,23). The predicted octanol–water partition coefficient (Wildman–Crippen LogP) is 2.62. The molecule has 4 N–H and O–H groups in total. The van der Waals surface area contributed by atoms with E-state index in [-0.39, 0.29) is 11.8 Å². The van der Waals surface area contributed by atoms with Gasteiger partial charge >= 0.3 is 0 Å². The van der Waals surface area contributed by atoms with Gasteiger partial charge in [0.1, 0.15) is 0 Å². The fourth-order valence-electron chi connectivity index (χ4n) is 2.98. The highest BCUT2D eigenvalue weighted by Crippen LogP contribution is 2.28. The number of carbonyl (C=O) groups excluding carboxylic acids is 2. The van der Waals surface area contributed by atoms with Crippen LogP contribution in [0.2, 0.25) is 0 Å². The zero-order valence-electron chi connectivity index (χ0n) is 14.2. The first-order chi connectivity index (χ1) is 11.6. The number of nitrogens with two attached hydrogens (primary N) is 1. The molecule has 1 fully saturated rings. The molecule has 0 radical (unpaired) electrons. The predicted molar refractivity (Wildman–Crippen MR) is 99.0 cm³/mol. The third-order valence-electron chi connectivity index (χ3n) is 4.41. The number of nitrogens with one attached hydrogen (secondary N) is 2. The van der Waals surface area contributed by atoms with Gasteiger partial charge in [0, 0.05) is 23.5 Å². The number of piperidine rings is 1. The lowest BCUT2D eigenvalue weighted by Crippen LogP contribution is -2.34. The molecule has 0 saturated carbocycles. The molecule has 1 aliphatic rings. The number of anilines is 1. The Balaban J connectivity index is 1.87. The van der Waals surface area contributed by atoms with Crippen LogP contribution in [0.1, 0.15) is 32.6 Å². The second-order valence-electron chi connectivity index (χ2n) is 6.40. The molecule has 1 heterocycles. The summed E-state index contributed by atoms with van der Waals surface area (Å²) in [5.41, 5.74) is 5.98. The van der Waals surface area contributed by atoms with E-state index in [1.54, 1.807) is 0 Å². The summed E-state index contributed by atoms with van der Waals surface area (Å²) in [5.74, 6) is 1.30. The van der Waals surface area contributed by atoms with Crippen molar-refractivity contribution in [3.63, 3.8) is 0 Å². The van der Waals surface area contributed by atoms with E-state index in [1.165, 1.54) is 24.6 Å². The number of carbonyl (C=O) groups is 2. The first-order valence-corrected chi connectivity index (χ1v) is 9.55. The van der Waals surface area contributed by atoms with Crippen LogP contribution >= 0.6 is 11.8 Å². The quantitative estimate of drug-likeness (QED) is 0.630. The first-order valence-electron chi connectivity index (χ1n) is 8.57. The van der Waals surface area contributed by atoms with Gasteiger partial charge in [-0.2, -0.15) is 0 Å². The van der Waals surface area contributed by atoms with E-state index in [4.69, 9.17) is 5.73 Å². The van der Waals surface area contributed by atoms with Crippen LogP contribution in [-0.4, -0.2) is 30.7 Å². The van der Waals surface area contributed by atoms with Gasteiger partial charge in [0.15, 0.2) is 0 Å². The van der Waals surface area contributed by atoms with Crippen LogP contribution in [0.5, 0.6) is 0 Å². The van der Waals surface area contributed by atoms with Crippen LogP contribution in [-0.2, 0) is 9.59 Å². The topological polar surface area (TPSA) is 84.2 Å². The number of primary amides is 1. The van der Waals surface area contributed by atoms with Gasteiger partial charge in [-0.15, -0.1) is 11.8 Å². The van der Waals surface area contributed by atoms with Crippen LogP contribution in [0.3, 0.4) is 0 Å². The summed E-state index contributed by atoms with van der Waals surface area (Å²) >= 11 is 1.54. The Hall–Kier alpha value is -1.53. The summed E-state index contributed by atoms with van der Waals surface area (Å²) in [4.78, 5) is 24.2. The van der Waals surface area contributed by atoms with Crippen LogP contribution in [0, 0.1) is 11.8 Å². The van der Waals surface area contributed by atoms with E-state index >= 15 is 0 Å². The van der Waals surface area contributed by atoms with Crippen molar-refractivity contribution in [2.75, 3.05) is 24.2 Å². The molecule has 5 nitrogen and oxygen atoms in total. The second-order valence-corrected chi connectivity index (χ2v) is 7.53. The minimum atomic E-state index is -0.307. The van der Waals surface area contributed by atoms with Crippen LogP contribution in [0.15, 0.2) is 29.2 Å². The maximum absolute atomic E-state index is 12.4. The Bertz CT molecular complexity index is 559. The van der Waals surface area contributed by atoms with Crippen molar-refractivity contribution in [2.24, 2.45) is 17.6 Å². The molecule has 0 aliphatic carbocycles. The molecule has 1 aliphatic heterocycles. The lowest BCUT2D eigenvalue weighted by Gasteiger charge is -2.28. The largest absolute Gasteiger partial charge is 0.370 e. The molecule has 1 aromatic rings. The first kappa shape index (κ1) is 18.8. The number of para-hydroxylation sites is 1. The van der Waals surface area contributed by atoms with Crippen molar-refractivity contribution >= 4 is 29.3 Å². The Kier molecular flexibility index (Phi) is 7.59. The molecule has 6 heteroatoms. The normalized spacial score (nSPS) is 18.8. The number of benzene rings is 1. The SMILES string of the molecule is CC(CC(=O)Nc1ccccc1SCCC(N)=O)C1CCCNC1. The smallest absolute Gasteiger partial charge is 0.224 e. The van der Waals surface area contributed by atoms with Crippen molar-refractivity contribution in [3.05, 3.63) is 24.3 Å². The van der Waals surface area contributed by atoms with E-state index < -0.39 is 0 Å². The number of hydrogen-bond donors (Lipinski definition) is 3. The maximum atomic E-state index is 12.4. The summed E-state index contributed by atoms with van der Waals surface area (Å²) in [5, 5.41) is 6.43. The molecular weight excluding hydrogens is 322 g/mol. The molecule has 24 heavy (non-hydrogen) atoms. The monoisotopic (exact) mass is 349 g/mol. The highest BCUT2D eigenvalue weighted by molar-refractivity contribution is 7.99. The third kappa shape index (κ3) is 6.17. The highest BCUT2D eigenvalue weighted by atomic mass is 32.2. The van der Waals surface area contributed by atoms with Crippen LogP contribution in [0.25, 0.3) is 0 Å². The van der Waals surface area contributed by atoms with Crippen molar-refractivity contribution in [1.29, 1.82) is 0 Å². The van der Waals surface area contributed by atoms with Crippen molar-refractivity contribution < 1.29 is 9.59 Å². The van der Waals surface area contributed by atoms with Crippen molar-refractivity contribution in [1.82, 2.24) is 5.32 Å². The number of hydrogen-bond acceptors (Lipinski definition) is 4. The second kappa shape index (κ2) is 9.69. The summed E-state index contributed by atoms with van der Waals surface area (Å²) in [6.45, 7) is 4.25. The molecule has 1 saturated heterocycles. The zero-order valence-corrected chi connectivity index (χ0v) is 15.0. The molecule has 2 atom stereocenters. The molecule has 2 unspecified atom stereocenters. The Morgan fingerprint density at radius 1 is 1.42 bits per heavy atom. The maximum Gasteiger partial charge on any atom is 0.224 e. The molecular formula is C18H27N3O2S. The Labute approximate surface area is 148 Å². The minimum Gasteiger partial charge on any atom is -0.370 e. The summed E-state index contributed by atoms with van der Waals surface area (Å²) in [6.07, 6.45) is 3.25. The Morgan fingerprint density at radius 3 is 2.92 bits per heavy atom. The third-order valence-corrected chi connectivity index (χ3v) is 5.49. The minimum absolute atomic E-state index is 0.0519. The lowest BCUT2D eigenvalue weighted by atomic mass is 9.85. The fraction of sp³-hybridized carbons (Fsp3) is 0.556. The zero-order chi connectivity index (χ0) is 17.4. The molecule has 0 spiro atoms. The number of rotatable bonds is 8. The fourth-order valence-corrected chi connectivity index (χ4v) is 3.95. The van der Waals surface area contributed by atoms with Crippen LogP contribution < -0.4 is 16.4 Å². The van der Waals surface area contributed by atoms with Gasteiger partial charge in [0.05, 0.1) is 5.69 Å². The van der Waals surface area contributed by atoms with Crippen molar-refractivity contribution in [3.8, 4) is 0 Å². The van der Waals surface area contributed by atoms with Crippen LogP contribution in [0.4, 0.5) is 5.69 Å². The van der Waals surface area contributed by atoms with Gasteiger partial charge < -0.3 is 16.4 Å². The van der Waals surface area contributed by atoms with Gasteiger partial charge in [-0.25, -0.2) is 0 Å². The number of amides is 2. The van der Waals surface area contributed by atoms with Gasteiger partial charge in [-0.3, -0.25) is 9.59 Å². The summed E-state index contributed by atoms with van der Waals surface area (Å²) in [7, 11) is 0. The average molecular weight is 350 g/mol. The summed E-state index contributed by atoms with van der Waals surface area (Å²) < 4.78 is 0. The lowest BCUT2D eigenvalue weighted by molar-refractivity contribution is -0.118. The molecule has 132 valence electrons. The van der Waals surface area contributed by atoms with E-state index in [1.807, 2.05) is 24.3 Å². The number of thioether (sulfide) groups is 1. The average Bonchev–Trinajstić information content (AvgIpc) is 2.57. The van der Waals surface area contributed by atoms with Gasteiger partial charge in [-0.1, -0.05) is 19.1 Å². The van der Waals surface area contributed by atoms with Gasteiger partial charge in [0.25, 0.3) is 0 Å². The van der Waals surface area contributed by atoms with E-state index in [0.29, 0.717) is 30.4 Å². The molecule has 1 aromatic carbocycles. The van der Waals surface area contributed by atoms with Gasteiger partial charge in [0.2, 0.25) is 11.8 Å². The summed E-state index contributed by atoms with van der Waals surface area (Å²) in [6, 6.07) is 7.69. The van der Waals surface area contributed by atoms with E-state index in [0.717, 1.165) is 23.7 Å². The van der Waals surface area contributed by atoms with E-state index in [9.17, 15) is 9.59 Å². The molecule has 2 rings (SSSR count). The molecule has 0 bridgehead atoms. The van der Waals surface area contributed by atoms with Gasteiger partial charge in [-0.05, 0) is 49.9 Å². The Morgan fingerprint density at radius 2 is 2.21 bits per heavy atom. The molecule has 0 aromatic heterocycles. The van der Waals surface area contributed by atoms with E-state index in [2.05, 4.69) is 17.6 Å².